The highest BCUT2D eigenvalue weighted by atomic mass is 19.4. The molecule has 0 aliphatic carbocycles. The highest BCUT2D eigenvalue weighted by molar-refractivity contribution is 5.35. The lowest BCUT2D eigenvalue weighted by atomic mass is 10.3. The Kier molecular flexibility index (Phi) is 3.41. The van der Waals surface area contributed by atoms with E-state index < -0.39 is 11.9 Å². The van der Waals surface area contributed by atoms with Gasteiger partial charge in [-0.15, -0.1) is 10.2 Å². The lowest BCUT2D eigenvalue weighted by Crippen LogP contribution is -2.12. The number of rotatable bonds is 3. The van der Waals surface area contributed by atoms with Gasteiger partial charge in [-0.1, -0.05) is 0 Å². The van der Waals surface area contributed by atoms with Crippen molar-refractivity contribution in [3.8, 4) is 0 Å². The van der Waals surface area contributed by atoms with Crippen molar-refractivity contribution in [2.75, 3.05) is 5.32 Å². The second-order valence-electron chi connectivity index (χ2n) is 3.98. The molecule has 0 saturated heterocycles. The van der Waals surface area contributed by atoms with Gasteiger partial charge in [0.2, 0.25) is 5.89 Å². The summed E-state index contributed by atoms with van der Waals surface area (Å²) in [5.41, 5.74) is -1.03. The molecule has 0 saturated carbocycles. The minimum atomic E-state index is -4.49. The van der Waals surface area contributed by atoms with Crippen LogP contribution in [-0.4, -0.2) is 15.2 Å². The van der Waals surface area contributed by atoms with Crippen LogP contribution in [-0.2, 0) is 6.18 Å². The molecule has 2 aromatic heterocycles. The molecular formula is C11H11F3N4O. The van der Waals surface area contributed by atoms with Gasteiger partial charge in [0.05, 0.1) is 6.20 Å². The Balaban J connectivity index is 2.07. The van der Waals surface area contributed by atoms with E-state index in [0.717, 1.165) is 6.07 Å². The van der Waals surface area contributed by atoms with E-state index >= 15 is 0 Å². The first-order valence-electron chi connectivity index (χ1n) is 5.46. The summed E-state index contributed by atoms with van der Waals surface area (Å²) in [6, 6.07) is 1.75. The predicted molar refractivity (Wildman–Crippen MR) is 60.3 cm³/mol. The molecule has 2 rings (SSSR count). The molecule has 8 heteroatoms. The van der Waals surface area contributed by atoms with Gasteiger partial charge >= 0.3 is 6.18 Å². The second-order valence-corrected chi connectivity index (χ2v) is 3.98. The van der Waals surface area contributed by atoms with Crippen LogP contribution >= 0.6 is 0 Å². The van der Waals surface area contributed by atoms with E-state index in [1.54, 1.807) is 20.0 Å². The van der Waals surface area contributed by atoms with Crippen molar-refractivity contribution in [3.05, 3.63) is 35.7 Å². The van der Waals surface area contributed by atoms with Crippen LogP contribution in [0.5, 0.6) is 0 Å². The average Bonchev–Trinajstić information content (AvgIpc) is 2.75. The predicted octanol–water partition coefficient (Wildman–Crippen LogP) is 2.96. The third-order valence-corrected chi connectivity index (χ3v) is 2.33. The molecule has 0 amide bonds. The van der Waals surface area contributed by atoms with E-state index in [1.165, 1.54) is 6.07 Å². The molecule has 1 atom stereocenters. The topological polar surface area (TPSA) is 63.8 Å². The van der Waals surface area contributed by atoms with Crippen LogP contribution < -0.4 is 5.32 Å². The Labute approximate surface area is 106 Å². The zero-order chi connectivity index (χ0) is 14.0. The van der Waals surface area contributed by atoms with E-state index in [-0.39, 0.29) is 11.9 Å². The summed E-state index contributed by atoms with van der Waals surface area (Å²) in [5, 5.41) is 9.43. The first-order chi connectivity index (χ1) is 8.86. The number of anilines is 1. The van der Waals surface area contributed by atoms with E-state index in [0.29, 0.717) is 11.7 Å². The highest BCUT2D eigenvalue weighted by Gasteiger charge is 2.32. The molecule has 0 aliphatic rings. The van der Waals surface area contributed by atoms with Crippen molar-refractivity contribution in [3.63, 3.8) is 0 Å². The van der Waals surface area contributed by atoms with Crippen molar-refractivity contribution in [1.29, 1.82) is 0 Å². The Morgan fingerprint density at radius 3 is 2.47 bits per heavy atom. The molecule has 2 heterocycles. The largest absolute Gasteiger partial charge is 0.444 e. The minimum absolute atomic E-state index is 0.219. The molecule has 0 aliphatic heterocycles. The van der Waals surface area contributed by atoms with Gasteiger partial charge in [0.25, 0.3) is 0 Å². The maximum atomic E-state index is 12.3. The maximum absolute atomic E-state index is 12.3. The van der Waals surface area contributed by atoms with Crippen LogP contribution in [0.4, 0.5) is 19.0 Å². The fourth-order valence-electron chi connectivity index (χ4n) is 1.42. The molecular weight excluding hydrogens is 261 g/mol. The summed E-state index contributed by atoms with van der Waals surface area (Å²) in [6.07, 6.45) is -2.93. The lowest BCUT2D eigenvalue weighted by molar-refractivity contribution is -0.141. The Hall–Kier alpha value is -2.12. The van der Waals surface area contributed by atoms with E-state index in [1.807, 2.05) is 0 Å². The molecule has 19 heavy (non-hydrogen) atoms. The fourth-order valence-corrected chi connectivity index (χ4v) is 1.42. The number of oxazole rings is 1. The summed E-state index contributed by atoms with van der Waals surface area (Å²) in [7, 11) is 0. The number of aryl methyl sites for hydroxylation is 1. The Bertz CT molecular complexity index is 550. The Morgan fingerprint density at radius 1 is 1.26 bits per heavy atom. The third-order valence-electron chi connectivity index (χ3n) is 2.33. The number of aromatic nitrogens is 3. The van der Waals surface area contributed by atoms with Gasteiger partial charge in [-0.25, -0.2) is 4.98 Å². The molecule has 0 bridgehead atoms. The molecule has 102 valence electrons. The van der Waals surface area contributed by atoms with E-state index in [4.69, 9.17) is 4.42 Å². The molecule has 0 fully saturated rings. The highest BCUT2D eigenvalue weighted by Crippen LogP contribution is 2.27. The number of alkyl halides is 3. The molecule has 0 aromatic carbocycles. The smallest absolute Gasteiger partial charge is 0.435 e. The monoisotopic (exact) mass is 272 g/mol. The van der Waals surface area contributed by atoms with Gasteiger partial charge in [-0.3, -0.25) is 0 Å². The van der Waals surface area contributed by atoms with Gasteiger partial charge in [0.15, 0.2) is 5.69 Å². The van der Waals surface area contributed by atoms with Crippen molar-refractivity contribution >= 4 is 5.82 Å². The number of hydrogen-bond acceptors (Lipinski definition) is 5. The van der Waals surface area contributed by atoms with Crippen molar-refractivity contribution in [1.82, 2.24) is 15.2 Å². The zero-order valence-corrected chi connectivity index (χ0v) is 10.2. The van der Waals surface area contributed by atoms with Gasteiger partial charge in [0, 0.05) is 0 Å². The fraction of sp³-hybridized carbons (Fsp3) is 0.364. The summed E-state index contributed by atoms with van der Waals surface area (Å²) in [4.78, 5) is 4.01. The average molecular weight is 272 g/mol. The van der Waals surface area contributed by atoms with Crippen molar-refractivity contribution in [2.45, 2.75) is 26.1 Å². The first-order valence-corrected chi connectivity index (χ1v) is 5.46. The van der Waals surface area contributed by atoms with Crippen LogP contribution in [0.1, 0.15) is 30.3 Å². The van der Waals surface area contributed by atoms with Crippen molar-refractivity contribution in [2.24, 2.45) is 0 Å². The maximum Gasteiger partial charge on any atom is 0.435 e. The van der Waals surface area contributed by atoms with Gasteiger partial charge in [-0.2, -0.15) is 13.2 Å². The number of nitrogens with zero attached hydrogens (tertiary/aromatic N) is 3. The molecule has 1 N–H and O–H groups in total. The summed E-state index contributed by atoms with van der Waals surface area (Å²) in [6.45, 7) is 3.51. The van der Waals surface area contributed by atoms with E-state index in [9.17, 15) is 13.2 Å². The van der Waals surface area contributed by atoms with Gasteiger partial charge < -0.3 is 9.73 Å². The minimum Gasteiger partial charge on any atom is -0.444 e. The summed E-state index contributed by atoms with van der Waals surface area (Å²) >= 11 is 0. The zero-order valence-electron chi connectivity index (χ0n) is 10.2. The van der Waals surface area contributed by atoms with Crippen LogP contribution in [0.25, 0.3) is 0 Å². The molecule has 0 unspecified atom stereocenters. The van der Waals surface area contributed by atoms with Crippen LogP contribution in [0, 0.1) is 6.92 Å². The van der Waals surface area contributed by atoms with Gasteiger partial charge in [0.1, 0.15) is 17.6 Å². The summed E-state index contributed by atoms with van der Waals surface area (Å²) < 4.78 is 42.2. The quantitative estimate of drug-likeness (QED) is 0.930. The normalized spacial score (nSPS) is 13.3. The SMILES string of the molecule is Cc1cnc([C@@H](C)Nc2ccc(C(F)(F)F)nn2)o1. The van der Waals surface area contributed by atoms with Gasteiger partial charge in [-0.05, 0) is 26.0 Å². The van der Waals surface area contributed by atoms with Crippen LogP contribution in [0.15, 0.2) is 22.7 Å². The first kappa shape index (κ1) is 13.3. The van der Waals surface area contributed by atoms with Crippen LogP contribution in [0.2, 0.25) is 0 Å². The van der Waals surface area contributed by atoms with Crippen LogP contribution in [0.3, 0.4) is 0 Å². The van der Waals surface area contributed by atoms with E-state index in [2.05, 4.69) is 20.5 Å². The molecule has 5 nitrogen and oxygen atoms in total. The molecule has 0 radical (unpaired) electrons. The van der Waals surface area contributed by atoms with Crippen molar-refractivity contribution < 1.29 is 17.6 Å². The molecule has 2 aromatic rings. The number of halogens is 3. The number of hydrogen-bond donors (Lipinski definition) is 1. The number of nitrogens with one attached hydrogen (secondary N) is 1. The summed E-state index contributed by atoms with van der Waals surface area (Å²) in [5.74, 6) is 1.30. The second kappa shape index (κ2) is 4.87. The third kappa shape index (κ3) is 3.21. The standard InChI is InChI=1S/C11H11F3N4O/c1-6-5-15-10(19-6)7(2)16-9-4-3-8(17-18-9)11(12,13)14/h3-5,7H,1-2H3,(H,16,18)/t7-/m1/s1. The lowest BCUT2D eigenvalue weighted by Gasteiger charge is -2.11. The Morgan fingerprint density at radius 2 is 2.00 bits per heavy atom. The molecule has 0 spiro atoms.